The number of hydrogen-bond donors (Lipinski definition) is 0. The molecule has 2 heterocycles. The van der Waals surface area contributed by atoms with E-state index in [9.17, 15) is 9.59 Å². The van der Waals surface area contributed by atoms with E-state index in [2.05, 4.69) is 0 Å². The fraction of sp³-hybridized carbons (Fsp3) is 0.429. The number of benzene rings is 1. The predicted molar refractivity (Wildman–Crippen MR) is 99.4 cm³/mol. The van der Waals surface area contributed by atoms with Crippen LogP contribution in [0.1, 0.15) is 38.3 Å². The largest absolute Gasteiger partial charge is 0.462 e. The molecule has 0 saturated carbocycles. The molecule has 0 bridgehead atoms. The number of fused-ring (bicyclic) bond motifs is 1. The van der Waals surface area contributed by atoms with Gasteiger partial charge < -0.3 is 19.1 Å². The molecule has 1 aromatic carbocycles. The lowest BCUT2D eigenvalue weighted by atomic mass is 10.0. The fourth-order valence-corrected chi connectivity index (χ4v) is 3.40. The maximum Gasteiger partial charge on any atom is 0.340 e. The van der Waals surface area contributed by atoms with Gasteiger partial charge in [-0.25, -0.2) is 9.59 Å². The van der Waals surface area contributed by atoms with Crippen molar-refractivity contribution >= 4 is 11.9 Å². The summed E-state index contributed by atoms with van der Waals surface area (Å²) in [5.41, 5.74) is 1.57. The Labute approximate surface area is 159 Å². The molecule has 1 aromatic rings. The van der Waals surface area contributed by atoms with Gasteiger partial charge in [0.15, 0.2) is 0 Å². The smallest absolute Gasteiger partial charge is 0.340 e. The van der Waals surface area contributed by atoms with E-state index < -0.39 is 11.9 Å². The topological polar surface area (TPSA) is 65.1 Å². The molecule has 3 rings (SSSR count). The summed E-state index contributed by atoms with van der Waals surface area (Å²) in [7, 11) is 0. The highest BCUT2D eigenvalue weighted by Gasteiger charge is 2.36. The zero-order valence-electron chi connectivity index (χ0n) is 15.7. The van der Waals surface area contributed by atoms with Crippen LogP contribution in [0, 0.1) is 0 Å². The summed E-state index contributed by atoms with van der Waals surface area (Å²) in [4.78, 5) is 27.1. The van der Waals surface area contributed by atoms with Gasteiger partial charge in [0, 0.05) is 6.20 Å². The van der Waals surface area contributed by atoms with Crippen molar-refractivity contribution in [2.75, 3.05) is 19.8 Å². The third kappa shape index (κ3) is 4.22. The number of allylic oxidation sites excluding steroid dienone is 1. The van der Waals surface area contributed by atoms with Crippen LogP contribution in [0.15, 0.2) is 53.8 Å². The number of carbonyl (C=O) groups is 2. The fourth-order valence-electron chi connectivity index (χ4n) is 3.40. The average Bonchev–Trinajstić information content (AvgIpc) is 3.04. The van der Waals surface area contributed by atoms with Gasteiger partial charge in [0.25, 0.3) is 0 Å². The molecule has 0 radical (unpaired) electrons. The second-order valence-electron chi connectivity index (χ2n) is 6.34. The van der Waals surface area contributed by atoms with Crippen LogP contribution in [0.2, 0.25) is 0 Å². The zero-order valence-corrected chi connectivity index (χ0v) is 15.7. The van der Waals surface area contributed by atoms with Gasteiger partial charge in [-0.2, -0.15) is 0 Å². The van der Waals surface area contributed by atoms with Crippen LogP contribution in [-0.4, -0.2) is 42.9 Å². The molecular formula is C21H25NO5. The number of hydrogen-bond acceptors (Lipinski definition) is 6. The third-order valence-electron chi connectivity index (χ3n) is 4.64. The quantitative estimate of drug-likeness (QED) is 0.741. The Bertz CT molecular complexity index is 740. The van der Waals surface area contributed by atoms with E-state index in [4.69, 9.17) is 14.2 Å². The van der Waals surface area contributed by atoms with Crippen LogP contribution in [0.3, 0.4) is 0 Å². The van der Waals surface area contributed by atoms with Crippen molar-refractivity contribution in [2.45, 2.75) is 39.0 Å². The molecule has 0 N–H and O–H groups in total. The molecule has 6 heteroatoms. The Hall–Kier alpha value is -2.60. The molecule has 0 amide bonds. The van der Waals surface area contributed by atoms with Crippen molar-refractivity contribution in [3.8, 4) is 0 Å². The van der Waals surface area contributed by atoms with Crippen molar-refractivity contribution in [1.82, 2.24) is 4.90 Å². The monoisotopic (exact) mass is 371 g/mol. The summed E-state index contributed by atoms with van der Waals surface area (Å²) in [5.74, 6) is -1.04. The molecule has 2 aliphatic rings. The summed E-state index contributed by atoms with van der Waals surface area (Å²) in [6.45, 7) is 4.48. The summed E-state index contributed by atoms with van der Waals surface area (Å²) in [6.07, 6.45) is 4.62. The zero-order chi connectivity index (χ0) is 19.2. The molecule has 2 aliphatic heterocycles. The average molecular weight is 371 g/mol. The molecule has 2 atom stereocenters. The van der Waals surface area contributed by atoms with Gasteiger partial charge in [0.1, 0.15) is 6.23 Å². The van der Waals surface area contributed by atoms with E-state index in [1.165, 1.54) is 0 Å². The minimum Gasteiger partial charge on any atom is -0.462 e. The first kappa shape index (κ1) is 19.2. The first-order chi connectivity index (χ1) is 13.2. The third-order valence-corrected chi connectivity index (χ3v) is 4.64. The molecule has 0 aromatic heterocycles. The summed E-state index contributed by atoms with van der Waals surface area (Å²) >= 11 is 0. The summed E-state index contributed by atoms with van der Waals surface area (Å²) in [5, 5.41) is 0. The van der Waals surface area contributed by atoms with Gasteiger partial charge in [-0.15, -0.1) is 0 Å². The van der Waals surface area contributed by atoms with Crippen LogP contribution in [0.4, 0.5) is 0 Å². The second kappa shape index (κ2) is 8.86. The highest BCUT2D eigenvalue weighted by atomic mass is 16.5. The second-order valence-corrected chi connectivity index (χ2v) is 6.34. The van der Waals surface area contributed by atoms with Crippen molar-refractivity contribution < 1.29 is 23.8 Å². The van der Waals surface area contributed by atoms with E-state index in [0.29, 0.717) is 13.0 Å². The van der Waals surface area contributed by atoms with E-state index in [1.54, 1.807) is 26.1 Å². The van der Waals surface area contributed by atoms with Crippen LogP contribution in [0.5, 0.6) is 0 Å². The Balaban J connectivity index is 2.00. The van der Waals surface area contributed by atoms with Gasteiger partial charge in [-0.05, 0) is 32.3 Å². The predicted octanol–water partition coefficient (Wildman–Crippen LogP) is 3.12. The van der Waals surface area contributed by atoms with Crippen LogP contribution in [-0.2, 0) is 23.8 Å². The Kier molecular flexibility index (Phi) is 6.29. The number of esters is 2. The minimum absolute atomic E-state index is 0.0258. The maximum absolute atomic E-state index is 12.6. The highest BCUT2D eigenvalue weighted by Crippen LogP contribution is 2.35. The first-order valence-electron chi connectivity index (χ1n) is 9.36. The van der Waals surface area contributed by atoms with E-state index in [-0.39, 0.29) is 36.6 Å². The van der Waals surface area contributed by atoms with Crippen LogP contribution in [0.25, 0.3) is 0 Å². The number of carbonyl (C=O) groups excluding carboxylic acids is 2. The Morgan fingerprint density at radius 2 is 1.74 bits per heavy atom. The standard InChI is InChI=1S/C21H25NO5/c1-3-25-20(23)16-11-8-12-19-22(13-17(16)21(24)26-4-2)18(14-27-19)15-9-6-5-7-10-15/h5-7,9-11,13,18-19H,3-4,8,12,14H2,1-2H3/b16-11+,17-13+/t18-,19-/m0/s1. The molecule has 1 saturated heterocycles. The first-order valence-corrected chi connectivity index (χ1v) is 9.36. The molecule has 27 heavy (non-hydrogen) atoms. The van der Waals surface area contributed by atoms with E-state index in [1.807, 2.05) is 35.2 Å². The summed E-state index contributed by atoms with van der Waals surface area (Å²) in [6, 6.07) is 9.97. The maximum atomic E-state index is 12.6. The van der Waals surface area contributed by atoms with Gasteiger partial charge in [0.2, 0.25) is 0 Å². The molecule has 0 unspecified atom stereocenters. The summed E-state index contributed by atoms with van der Waals surface area (Å²) < 4.78 is 16.3. The van der Waals surface area contributed by atoms with Crippen molar-refractivity contribution in [1.29, 1.82) is 0 Å². The molecule has 0 spiro atoms. The lowest BCUT2D eigenvalue weighted by molar-refractivity contribution is -0.142. The number of nitrogens with zero attached hydrogens (tertiary/aromatic N) is 1. The SMILES string of the molecule is CCOC(=O)C1=C/CC[C@@H]2OC[C@@H](c3ccccc3)N2/C=C\1C(=O)OCC. The molecular weight excluding hydrogens is 346 g/mol. The van der Waals surface area contributed by atoms with Crippen molar-refractivity contribution in [3.05, 3.63) is 59.3 Å². The Morgan fingerprint density at radius 1 is 1.07 bits per heavy atom. The van der Waals surface area contributed by atoms with E-state index >= 15 is 0 Å². The lowest BCUT2D eigenvalue weighted by Crippen LogP contribution is -2.31. The van der Waals surface area contributed by atoms with Crippen molar-refractivity contribution in [2.24, 2.45) is 0 Å². The molecule has 0 aliphatic carbocycles. The molecule has 6 nitrogen and oxygen atoms in total. The molecule has 144 valence electrons. The number of rotatable bonds is 5. The lowest BCUT2D eigenvalue weighted by Gasteiger charge is -2.29. The normalized spacial score (nSPS) is 25.9. The van der Waals surface area contributed by atoms with E-state index in [0.717, 1.165) is 12.0 Å². The van der Waals surface area contributed by atoms with Gasteiger partial charge in [-0.3, -0.25) is 0 Å². The van der Waals surface area contributed by atoms with Crippen LogP contribution < -0.4 is 0 Å². The highest BCUT2D eigenvalue weighted by molar-refractivity contribution is 6.07. The Morgan fingerprint density at radius 3 is 2.41 bits per heavy atom. The molecule has 1 fully saturated rings. The van der Waals surface area contributed by atoms with Gasteiger partial charge in [0.05, 0.1) is 37.0 Å². The minimum atomic E-state index is -0.531. The number of ether oxygens (including phenoxy) is 3. The van der Waals surface area contributed by atoms with Crippen molar-refractivity contribution in [3.63, 3.8) is 0 Å². The van der Waals surface area contributed by atoms with Gasteiger partial charge >= 0.3 is 11.9 Å². The van der Waals surface area contributed by atoms with Gasteiger partial charge in [-0.1, -0.05) is 36.4 Å². The van der Waals surface area contributed by atoms with Crippen LogP contribution >= 0.6 is 0 Å².